The first-order chi connectivity index (χ1) is 15.0. The number of rotatable bonds is 4. The fourth-order valence-electron chi connectivity index (χ4n) is 4.99. The van der Waals surface area contributed by atoms with E-state index in [9.17, 15) is 9.18 Å². The third-order valence-electron chi connectivity index (χ3n) is 6.55. The number of hydrogen-bond donors (Lipinski definition) is 0. The number of ketones is 1. The van der Waals surface area contributed by atoms with E-state index in [2.05, 4.69) is 15.9 Å². The molecule has 0 amide bonds. The van der Waals surface area contributed by atoms with E-state index in [1.165, 1.54) is 17.7 Å². The summed E-state index contributed by atoms with van der Waals surface area (Å²) < 4.78 is 25.3. The number of ether oxygens (including phenoxy) is 2. The van der Waals surface area contributed by atoms with Crippen LogP contribution in [0.4, 0.5) is 4.39 Å². The van der Waals surface area contributed by atoms with Gasteiger partial charge in [0.1, 0.15) is 5.82 Å². The van der Waals surface area contributed by atoms with E-state index in [4.69, 9.17) is 21.1 Å². The van der Waals surface area contributed by atoms with E-state index < -0.39 is 5.79 Å². The van der Waals surface area contributed by atoms with Gasteiger partial charge in [-0.2, -0.15) is 0 Å². The summed E-state index contributed by atoms with van der Waals surface area (Å²) >= 11 is 6.24. The molecule has 2 aromatic rings. The Balaban J connectivity index is 1.22. The van der Waals surface area contributed by atoms with Gasteiger partial charge < -0.3 is 9.47 Å². The zero-order chi connectivity index (χ0) is 21.4. The molecule has 31 heavy (non-hydrogen) atoms. The highest BCUT2D eigenvalue weighted by atomic mass is 35.5. The predicted octanol–water partition coefficient (Wildman–Crippen LogP) is 4.05. The Kier molecular flexibility index (Phi) is 5.84. The van der Waals surface area contributed by atoms with Gasteiger partial charge in [-0.3, -0.25) is 14.6 Å². The molecule has 0 N–H and O–H groups in total. The number of benzene rings is 2. The van der Waals surface area contributed by atoms with Crippen LogP contribution in [0.5, 0.6) is 0 Å². The predicted molar refractivity (Wildman–Crippen MR) is 115 cm³/mol. The molecule has 3 aliphatic rings. The van der Waals surface area contributed by atoms with Crippen LogP contribution in [0.25, 0.3) is 0 Å². The van der Waals surface area contributed by atoms with Crippen LogP contribution in [0.1, 0.15) is 34.3 Å². The Morgan fingerprint density at radius 2 is 1.77 bits per heavy atom. The molecule has 3 heterocycles. The third kappa shape index (κ3) is 4.28. The van der Waals surface area contributed by atoms with Crippen LogP contribution in [0.15, 0.2) is 42.5 Å². The van der Waals surface area contributed by atoms with Gasteiger partial charge in [0.05, 0.1) is 26.4 Å². The van der Waals surface area contributed by atoms with Crippen LogP contribution < -0.4 is 0 Å². The second-order valence-electron chi connectivity index (χ2n) is 8.64. The van der Waals surface area contributed by atoms with Crippen LogP contribution in [-0.4, -0.2) is 55.1 Å². The fraction of sp³-hybridized carbons (Fsp3) is 0.458. The van der Waals surface area contributed by atoms with Gasteiger partial charge in [0, 0.05) is 41.7 Å². The minimum absolute atomic E-state index is 0.00113. The van der Waals surface area contributed by atoms with Gasteiger partial charge in [-0.15, -0.1) is 0 Å². The van der Waals surface area contributed by atoms with E-state index in [1.54, 1.807) is 12.1 Å². The van der Waals surface area contributed by atoms with Crippen molar-refractivity contribution in [2.75, 3.05) is 39.5 Å². The summed E-state index contributed by atoms with van der Waals surface area (Å²) in [7, 11) is 0. The smallest absolute Gasteiger partial charge is 0.208 e. The summed E-state index contributed by atoms with van der Waals surface area (Å²) in [6.07, 6.45) is 1.63. The molecule has 5 nitrogen and oxygen atoms in total. The molecule has 164 valence electrons. The standard InChI is InChI=1S/C24H26ClFN2O3/c25-20-4-1-19-14-28(15-24(22(19)13-20)30-11-12-31-24)16-27-9-7-18(8-10-27)23(29)17-2-5-21(26)6-3-17/h1-6,13,18H,7-12,14-16H2. The van der Waals surface area contributed by atoms with Crippen molar-refractivity contribution in [2.24, 2.45) is 5.92 Å². The lowest BCUT2D eigenvalue weighted by Crippen LogP contribution is -2.51. The van der Waals surface area contributed by atoms with Crippen LogP contribution in [0, 0.1) is 11.7 Å². The Hall–Kier alpha value is -1.83. The summed E-state index contributed by atoms with van der Waals surface area (Å²) in [5.74, 6) is -0.936. The van der Waals surface area contributed by atoms with Crippen molar-refractivity contribution in [3.63, 3.8) is 0 Å². The van der Waals surface area contributed by atoms with Crippen LogP contribution in [0.3, 0.4) is 0 Å². The van der Waals surface area contributed by atoms with Crippen LogP contribution >= 0.6 is 11.6 Å². The van der Waals surface area contributed by atoms with E-state index in [0.717, 1.165) is 44.7 Å². The first kappa shape index (κ1) is 21.0. The average Bonchev–Trinajstić information content (AvgIpc) is 3.24. The van der Waals surface area contributed by atoms with Gasteiger partial charge in [-0.25, -0.2) is 4.39 Å². The number of halogens is 2. The van der Waals surface area contributed by atoms with Crippen molar-refractivity contribution in [2.45, 2.75) is 25.2 Å². The van der Waals surface area contributed by atoms with Crippen molar-refractivity contribution in [1.82, 2.24) is 9.80 Å². The Morgan fingerprint density at radius 1 is 1.06 bits per heavy atom. The minimum atomic E-state index is -0.741. The van der Waals surface area contributed by atoms with E-state index in [-0.39, 0.29) is 17.5 Å². The van der Waals surface area contributed by atoms with Gasteiger partial charge in [-0.1, -0.05) is 17.7 Å². The lowest BCUT2D eigenvalue weighted by atomic mass is 9.89. The number of likely N-dealkylation sites (tertiary alicyclic amines) is 1. The zero-order valence-electron chi connectivity index (χ0n) is 17.4. The van der Waals surface area contributed by atoms with Gasteiger partial charge >= 0.3 is 0 Å². The molecule has 0 atom stereocenters. The number of carbonyl (C=O) groups excluding carboxylic acids is 1. The quantitative estimate of drug-likeness (QED) is 0.665. The molecule has 2 saturated heterocycles. The normalized spacial score (nSPS) is 22.0. The molecule has 0 radical (unpaired) electrons. The summed E-state index contributed by atoms with van der Waals surface area (Å²) in [5.41, 5.74) is 2.82. The van der Waals surface area contributed by atoms with E-state index >= 15 is 0 Å². The highest BCUT2D eigenvalue weighted by molar-refractivity contribution is 6.30. The lowest BCUT2D eigenvalue weighted by molar-refractivity contribution is -0.191. The summed E-state index contributed by atoms with van der Waals surface area (Å²) in [4.78, 5) is 17.5. The monoisotopic (exact) mass is 444 g/mol. The minimum Gasteiger partial charge on any atom is -0.342 e. The van der Waals surface area contributed by atoms with Crippen molar-refractivity contribution < 1.29 is 18.7 Å². The maximum Gasteiger partial charge on any atom is 0.208 e. The molecule has 2 fully saturated rings. The van der Waals surface area contributed by atoms with Crippen molar-refractivity contribution in [1.29, 1.82) is 0 Å². The van der Waals surface area contributed by atoms with Crippen molar-refractivity contribution in [3.05, 3.63) is 70.0 Å². The third-order valence-corrected chi connectivity index (χ3v) is 6.78. The number of Topliss-reactive ketones (excluding diaryl/α,β-unsaturated/α-hetero) is 1. The number of hydrogen-bond acceptors (Lipinski definition) is 5. The fourth-order valence-corrected chi connectivity index (χ4v) is 5.16. The number of nitrogens with zero attached hydrogens (tertiary/aromatic N) is 2. The highest BCUT2D eigenvalue weighted by Gasteiger charge is 2.45. The van der Waals surface area contributed by atoms with Gasteiger partial charge in [0.15, 0.2) is 5.78 Å². The van der Waals surface area contributed by atoms with Crippen LogP contribution in [-0.2, 0) is 21.8 Å². The van der Waals surface area contributed by atoms with Crippen molar-refractivity contribution >= 4 is 17.4 Å². The second-order valence-corrected chi connectivity index (χ2v) is 9.08. The summed E-state index contributed by atoms with van der Waals surface area (Å²) in [5, 5.41) is 0.693. The van der Waals surface area contributed by atoms with E-state index in [1.807, 2.05) is 12.1 Å². The lowest BCUT2D eigenvalue weighted by Gasteiger charge is -2.43. The molecule has 0 bridgehead atoms. The van der Waals surface area contributed by atoms with Gasteiger partial charge in [-0.05, 0) is 54.8 Å². The molecule has 5 rings (SSSR count). The maximum absolute atomic E-state index is 13.1. The summed E-state index contributed by atoms with van der Waals surface area (Å²) in [6, 6.07) is 11.8. The Labute approximate surface area is 186 Å². The summed E-state index contributed by atoms with van der Waals surface area (Å²) in [6.45, 7) is 5.15. The molecule has 2 aromatic carbocycles. The first-order valence-corrected chi connectivity index (χ1v) is 11.2. The number of piperidine rings is 1. The van der Waals surface area contributed by atoms with Gasteiger partial charge in [0.25, 0.3) is 0 Å². The molecule has 1 spiro atoms. The number of carbonyl (C=O) groups is 1. The molecule has 0 unspecified atom stereocenters. The topological polar surface area (TPSA) is 42.0 Å². The molecular weight excluding hydrogens is 419 g/mol. The van der Waals surface area contributed by atoms with Crippen molar-refractivity contribution in [3.8, 4) is 0 Å². The molecular formula is C24H26ClFN2O3. The SMILES string of the molecule is O=C(c1ccc(F)cc1)C1CCN(CN2Cc3ccc(Cl)cc3C3(C2)OCCO3)CC1. The zero-order valence-corrected chi connectivity index (χ0v) is 18.1. The molecule has 3 aliphatic heterocycles. The average molecular weight is 445 g/mol. The highest BCUT2D eigenvalue weighted by Crippen LogP contribution is 2.40. The Morgan fingerprint density at radius 3 is 2.48 bits per heavy atom. The number of fused-ring (bicyclic) bond motifs is 2. The molecule has 0 aliphatic carbocycles. The molecule has 0 aromatic heterocycles. The second kappa shape index (κ2) is 8.60. The van der Waals surface area contributed by atoms with Crippen LogP contribution in [0.2, 0.25) is 5.02 Å². The molecule has 7 heteroatoms. The van der Waals surface area contributed by atoms with Gasteiger partial charge in [0.2, 0.25) is 5.79 Å². The van der Waals surface area contributed by atoms with E-state index in [0.29, 0.717) is 30.3 Å². The first-order valence-electron chi connectivity index (χ1n) is 10.8. The molecule has 0 saturated carbocycles. The Bertz CT molecular complexity index is 954. The maximum atomic E-state index is 13.1. The largest absolute Gasteiger partial charge is 0.342 e.